The van der Waals surface area contributed by atoms with Crippen LogP contribution in [0.1, 0.15) is 23.7 Å². The third-order valence-electron chi connectivity index (χ3n) is 2.86. The van der Waals surface area contributed by atoms with Gasteiger partial charge in [-0.2, -0.15) is 5.26 Å². The third-order valence-corrected chi connectivity index (χ3v) is 2.86. The number of anilines is 2. The molecule has 0 aliphatic carbocycles. The van der Waals surface area contributed by atoms with E-state index >= 15 is 0 Å². The fraction of sp³-hybridized carbons (Fsp3) is 0.214. The van der Waals surface area contributed by atoms with Crippen LogP contribution < -0.4 is 10.9 Å². The number of nitriles is 1. The third kappa shape index (κ3) is 2.80. The van der Waals surface area contributed by atoms with Crippen molar-refractivity contribution in [2.24, 2.45) is 0 Å². The van der Waals surface area contributed by atoms with Gasteiger partial charge in [-0.1, -0.05) is 6.92 Å². The molecule has 2 rings (SSSR count). The van der Waals surface area contributed by atoms with E-state index in [9.17, 15) is 4.79 Å². The summed E-state index contributed by atoms with van der Waals surface area (Å²) < 4.78 is 0. The van der Waals surface area contributed by atoms with Crippen molar-refractivity contribution in [2.45, 2.75) is 20.3 Å². The molecule has 0 bridgehead atoms. The van der Waals surface area contributed by atoms with Gasteiger partial charge in [-0.15, -0.1) is 0 Å². The van der Waals surface area contributed by atoms with E-state index in [1.807, 2.05) is 6.92 Å². The number of hydrogen-bond donors (Lipinski definition) is 2. The number of aromatic amines is 1. The SMILES string of the molecule is CCc1nc(Nc2ccc(C#N)cc2)[nH]c(=O)c1C. The van der Waals surface area contributed by atoms with Crippen LogP contribution in [0.25, 0.3) is 0 Å². The normalized spacial score (nSPS) is 9.95. The lowest BCUT2D eigenvalue weighted by atomic mass is 10.2. The van der Waals surface area contributed by atoms with Crippen LogP contribution in [-0.4, -0.2) is 9.97 Å². The smallest absolute Gasteiger partial charge is 0.255 e. The molecule has 0 unspecified atom stereocenters. The van der Waals surface area contributed by atoms with E-state index in [1.54, 1.807) is 31.2 Å². The Hall–Kier alpha value is -2.61. The lowest BCUT2D eigenvalue weighted by Crippen LogP contribution is -2.16. The Morgan fingerprint density at radius 1 is 1.37 bits per heavy atom. The van der Waals surface area contributed by atoms with Crippen molar-refractivity contribution < 1.29 is 0 Å². The van der Waals surface area contributed by atoms with Crippen molar-refractivity contribution in [3.05, 3.63) is 51.4 Å². The van der Waals surface area contributed by atoms with Gasteiger partial charge >= 0.3 is 0 Å². The standard InChI is InChI=1S/C14H14N4O/c1-3-12-9(2)13(19)18-14(17-12)16-11-6-4-10(8-15)5-7-11/h4-7H,3H2,1-2H3,(H2,16,17,18,19). The molecule has 0 saturated carbocycles. The highest BCUT2D eigenvalue weighted by molar-refractivity contribution is 5.54. The second kappa shape index (κ2) is 5.36. The molecule has 1 aromatic heterocycles. The van der Waals surface area contributed by atoms with Gasteiger partial charge < -0.3 is 5.32 Å². The molecule has 2 aromatic rings. The molecule has 2 N–H and O–H groups in total. The topological polar surface area (TPSA) is 81.6 Å². The monoisotopic (exact) mass is 254 g/mol. The highest BCUT2D eigenvalue weighted by Gasteiger charge is 2.05. The molecule has 0 fully saturated rings. The zero-order chi connectivity index (χ0) is 13.8. The lowest BCUT2D eigenvalue weighted by Gasteiger charge is -2.08. The maximum Gasteiger partial charge on any atom is 0.255 e. The van der Waals surface area contributed by atoms with Gasteiger partial charge in [0.05, 0.1) is 17.3 Å². The van der Waals surface area contributed by atoms with Crippen LogP contribution in [0, 0.1) is 18.3 Å². The first kappa shape index (κ1) is 12.8. The van der Waals surface area contributed by atoms with E-state index < -0.39 is 0 Å². The minimum Gasteiger partial charge on any atom is -0.326 e. The first-order chi connectivity index (χ1) is 9.13. The maximum absolute atomic E-state index is 11.7. The van der Waals surface area contributed by atoms with E-state index in [1.165, 1.54) is 0 Å². The molecule has 0 aliphatic rings. The Kier molecular flexibility index (Phi) is 3.62. The molecule has 5 heteroatoms. The number of aromatic nitrogens is 2. The quantitative estimate of drug-likeness (QED) is 0.880. The fourth-order valence-electron chi connectivity index (χ4n) is 1.75. The van der Waals surface area contributed by atoms with Gasteiger partial charge in [-0.3, -0.25) is 9.78 Å². The summed E-state index contributed by atoms with van der Waals surface area (Å²) in [5.41, 5.74) is 2.65. The highest BCUT2D eigenvalue weighted by atomic mass is 16.1. The Morgan fingerprint density at radius 3 is 2.63 bits per heavy atom. The van der Waals surface area contributed by atoms with Crippen LogP contribution in [0.4, 0.5) is 11.6 Å². The molecule has 0 aliphatic heterocycles. The predicted octanol–water partition coefficient (Wildman–Crippen LogP) is 2.26. The van der Waals surface area contributed by atoms with Crippen LogP contribution in [0.15, 0.2) is 29.1 Å². The molecular weight excluding hydrogens is 240 g/mol. The molecule has 0 amide bonds. The van der Waals surface area contributed by atoms with Gasteiger partial charge in [0, 0.05) is 11.3 Å². The number of nitrogens with zero attached hydrogens (tertiary/aromatic N) is 2. The number of benzene rings is 1. The molecule has 5 nitrogen and oxygen atoms in total. The van der Waals surface area contributed by atoms with Gasteiger partial charge in [-0.25, -0.2) is 4.98 Å². The van der Waals surface area contributed by atoms with E-state index in [0.717, 1.165) is 11.4 Å². The molecule has 0 spiro atoms. The Labute approximate surface area is 110 Å². The molecule has 0 atom stereocenters. The van der Waals surface area contributed by atoms with Crippen molar-refractivity contribution in [3.63, 3.8) is 0 Å². The van der Waals surface area contributed by atoms with Gasteiger partial charge in [0.2, 0.25) is 5.95 Å². The second-order valence-electron chi connectivity index (χ2n) is 4.15. The van der Waals surface area contributed by atoms with Gasteiger partial charge in [-0.05, 0) is 37.6 Å². The molecule has 96 valence electrons. The second-order valence-corrected chi connectivity index (χ2v) is 4.15. The minimum atomic E-state index is -0.136. The summed E-state index contributed by atoms with van der Waals surface area (Å²) in [4.78, 5) is 18.8. The van der Waals surface area contributed by atoms with Crippen LogP contribution in [0.3, 0.4) is 0 Å². The van der Waals surface area contributed by atoms with Crippen molar-refractivity contribution in [1.29, 1.82) is 5.26 Å². The van der Waals surface area contributed by atoms with Crippen LogP contribution in [0.2, 0.25) is 0 Å². The number of nitrogens with one attached hydrogen (secondary N) is 2. The highest BCUT2D eigenvalue weighted by Crippen LogP contribution is 2.13. The number of hydrogen-bond acceptors (Lipinski definition) is 4. The summed E-state index contributed by atoms with van der Waals surface area (Å²) in [7, 11) is 0. The van der Waals surface area contributed by atoms with E-state index in [-0.39, 0.29) is 5.56 Å². The first-order valence-corrected chi connectivity index (χ1v) is 6.01. The van der Waals surface area contributed by atoms with E-state index in [2.05, 4.69) is 21.4 Å². The molecular formula is C14H14N4O. The Bertz CT molecular complexity index is 680. The fourth-order valence-corrected chi connectivity index (χ4v) is 1.75. The van der Waals surface area contributed by atoms with Crippen molar-refractivity contribution in [1.82, 2.24) is 9.97 Å². The zero-order valence-corrected chi connectivity index (χ0v) is 10.8. The molecule has 1 aromatic carbocycles. The van der Waals surface area contributed by atoms with Gasteiger partial charge in [0.25, 0.3) is 5.56 Å². The van der Waals surface area contributed by atoms with E-state index in [0.29, 0.717) is 23.5 Å². The predicted molar refractivity (Wildman–Crippen MR) is 73.4 cm³/mol. The summed E-state index contributed by atoms with van der Waals surface area (Å²) in [6.07, 6.45) is 0.706. The zero-order valence-electron chi connectivity index (χ0n) is 10.8. The van der Waals surface area contributed by atoms with E-state index in [4.69, 9.17) is 5.26 Å². The van der Waals surface area contributed by atoms with Crippen molar-refractivity contribution >= 4 is 11.6 Å². The van der Waals surface area contributed by atoms with Crippen LogP contribution in [0.5, 0.6) is 0 Å². The van der Waals surface area contributed by atoms with Gasteiger partial charge in [0.15, 0.2) is 0 Å². The Morgan fingerprint density at radius 2 is 2.05 bits per heavy atom. The molecule has 1 heterocycles. The minimum absolute atomic E-state index is 0.136. The summed E-state index contributed by atoms with van der Waals surface area (Å²) >= 11 is 0. The molecule has 19 heavy (non-hydrogen) atoms. The largest absolute Gasteiger partial charge is 0.326 e. The van der Waals surface area contributed by atoms with Crippen LogP contribution in [-0.2, 0) is 6.42 Å². The van der Waals surface area contributed by atoms with Gasteiger partial charge in [0.1, 0.15) is 0 Å². The Balaban J connectivity index is 2.30. The summed E-state index contributed by atoms with van der Waals surface area (Å²) in [5, 5.41) is 11.7. The average molecular weight is 254 g/mol. The number of aryl methyl sites for hydroxylation is 1. The number of H-pyrrole nitrogens is 1. The van der Waals surface area contributed by atoms with Crippen molar-refractivity contribution in [3.8, 4) is 6.07 Å². The average Bonchev–Trinajstić information content (AvgIpc) is 2.43. The maximum atomic E-state index is 11.7. The lowest BCUT2D eigenvalue weighted by molar-refractivity contribution is 0.954. The summed E-state index contributed by atoms with van der Waals surface area (Å²) in [5.74, 6) is 0.414. The van der Waals surface area contributed by atoms with Crippen LogP contribution >= 0.6 is 0 Å². The summed E-state index contributed by atoms with van der Waals surface area (Å²) in [6.45, 7) is 3.72. The molecule has 0 saturated heterocycles. The summed E-state index contributed by atoms with van der Waals surface area (Å²) in [6, 6.07) is 8.99. The number of rotatable bonds is 3. The first-order valence-electron chi connectivity index (χ1n) is 6.01. The molecule has 0 radical (unpaired) electrons. The van der Waals surface area contributed by atoms with Crippen molar-refractivity contribution in [2.75, 3.05) is 5.32 Å².